The maximum atomic E-state index is 5.80. The zero-order valence-electron chi connectivity index (χ0n) is 13.6. The molecule has 0 unspecified atom stereocenters. The summed E-state index contributed by atoms with van der Waals surface area (Å²) in [6.07, 6.45) is 1.79. The van der Waals surface area contributed by atoms with Crippen LogP contribution in [-0.2, 0) is 4.74 Å². The van der Waals surface area contributed by atoms with E-state index < -0.39 is 0 Å². The molecule has 0 aliphatic rings. The van der Waals surface area contributed by atoms with Crippen molar-refractivity contribution in [3.63, 3.8) is 0 Å². The summed E-state index contributed by atoms with van der Waals surface area (Å²) in [6, 6.07) is 10.0. The first-order valence-electron chi connectivity index (χ1n) is 7.56. The minimum Gasteiger partial charge on any atom is -0.490 e. The van der Waals surface area contributed by atoms with E-state index in [9.17, 15) is 0 Å². The summed E-state index contributed by atoms with van der Waals surface area (Å²) >= 11 is 0. The molecule has 22 heavy (non-hydrogen) atoms. The third-order valence-corrected chi connectivity index (χ3v) is 3.19. The maximum Gasteiger partial charge on any atom is 0.130 e. The zero-order chi connectivity index (χ0) is 15.9. The summed E-state index contributed by atoms with van der Waals surface area (Å²) in [7, 11) is 1.66. The first kappa shape index (κ1) is 16.2. The van der Waals surface area contributed by atoms with Crippen LogP contribution in [0.1, 0.15) is 19.5 Å². The van der Waals surface area contributed by atoms with Gasteiger partial charge in [0.2, 0.25) is 0 Å². The highest BCUT2D eigenvalue weighted by Gasteiger charge is 2.09. The van der Waals surface area contributed by atoms with Crippen molar-refractivity contribution in [1.29, 1.82) is 0 Å². The van der Waals surface area contributed by atoms with E-state index >= 15 is 0 Å². The van der Waals surface area contributed by atoms with Crippen molar-refractivity contribution in [3.8, 4) is 5.75 Å². The van der Waals surface area contributed by atoms with E-state index in [2.05, 4.69) is 9.97 Å². The summed E-state index contributed by atoms with van der Waals surface area (Å²) in [5, 5.41) is 2.07. The van der Waals surface area contributed by atoms with E-state index in [-0.39, 0.29) is 0 Å². The molecule has 0 radical (unpaired) electrons. The second-order valence-corrected chi connectivity index (χ2v) is 4.64. The molecule has 0 aliphatic heterocycles. The Morgan fingerprint density at radius 2 is 1.86 bits per heavy atom. The topological polar surface area (TPSA) is 44.2 Å². The summed E-state index contributed by atoms with van der Waals surface area (Å²) in [6.45, 7) is 7.05. The van der Waals surface area contributed by atoms with Crippen molar-refractivity contribution in [1.82, 2.24) is 9.97 Å². The van der Waals surface area contributed by atoms with Crippen LogP contribution in [-0.4, -0.2) is 30.3 Å². The quantitative estimate of drug-likeness (QED) is 0.536. The molecule has 3 rings (SSSR count). The monoisotopic (exact) mass is 298 g/mol. The summed E-state index contributed by atoms with van der Waals surface area (Å²) in [4.78, 5) is 9.06. The lowest BCUT2D eigenvalue weighted by molar-refractivity contribution is 0.147. The predicted octanol–water partition coefficient (Wildman–Crippen LogP) is 4.14. The minimum absolute atomic E-state index is 0.523. The van der Waals surface area contributed by atoms with Crippen molar-refractivity contribution >= 4 is 21.8 Å². The molecule has 0 amide bonds. The largest absolute Gasteiger partial charge is 0.490 e. The molecule has 0 fully saturated rings. The standard InChI is InChI=1S/C16H16N2O2.C2H6/c1-11-10-14(20-9-8-19-2)13-6-5-12-4-3-7-17-15(12)16(13)18-11;1-2/h3-7,10H,8-9H2,1-2H3;1-2H3. The molecular weight excluding hydrogens is 276 g/mol. The van der Waals surface area contributed by atoms with Crippen molar-refractivity contribution in [2.24, 2.45) is 0 Å². The molecule has 116 valence electrons. The van der Waals surface area contributed by atoms with Crippen molar-refractivity contribution in [2.75, 3.05) is 20.3 Å². The van der Waals surface area contributed by atoms with Gasteiger partial charge in [0.05, 0.1) is 12.1 Å². The second kappa shape index (κ2) is 7.71. The van der Waals surface area contributed by atoms with Crippen LogP contribution in [0.2, 0.25) is 0 Å². The fraction of sp³-hybridized carbons (Fsp3) is 0.333. The summed E-state index contributed by atoms with van der Waals surface area (Å²) in [5.74, 6) is 0.831. The van der Waals surface area contributed by atoms with Crippen molar-refractivity contribution in [2.45, 2.75) is 20.8 Å². The fourth-order valence-corrected chi connectivity index (χ4v) is 2.27. The van der Waals surface area contributed by atoms with E-state index in [0.29, 0.717) is 13.2 Å². The molecule has 3 aromatic rings. The summed E-state index contributed by atoms with van der Waals surface area (Å²) < 4.78 is 10.8. The number of rotatable bonds is 4. The SMILES string of the molecule is CC.COCCOc1cc(C)nc2c1ccc1cccnc12. The minimum atomic E-state index is 0.523. The van der Waals surface area contributed by atoms with Crippen molar-refractivity contribution < 1.29 is 9.47 Å². The Kier molecular flexibility index (Phi) is 5.67. The highest BCUT2D eigenvalue weighted by atomic mass is 16.5. The number of aryl methyl sites for hydroxylation is 1. The molecule has 4 heteroatoms. The molecule has 1 aromatic carbocycles. The Morgan fingerprint density at radius 3 is 2.64 bits per heavy atom. The number of aromatic nitrogens is 2. The molecule has 0 saturated carbocycles. The average Bonchev–Trinajstić information content (AvgIpc) is 2.56. The van der Waals surface area contributed by atoms with Gasteiger partial charge in [0.1, 0.15) is 17.9 Å². The number of hydrogen-bond donors (Lipinski definition) is 0. The summed E-state index contributed by atoms with van der Waals surface area (Å²) in [5.41, 5.74) is 2.71. The number of pyridine rings is 2. The van der Waals surface area contributed by atoms with Crippen LogP contribution in [0.3, 0.4) is 0 Å². The molecule has 2 aromatic heterocycles. The van der Waals surface area contributed by atoms with Crippen LogP contribution in [0.4, 0.5) is 0 Å². The molecule has 0 bridgehead atoms. The van der Waals surface area contributed by atoms with Gasteiger partial charge in [-0.15, -0.1) is 0 Å². The number of benzene rings is 1. The number of methoxy groups -OCH3 is 1. The maximum absolute atomic E-state index is 5.80. The van der Waals surface area contributed by atoms with Gasteiger partial charge in [-0.05, 0) is 19.1 Å². The van der Waals surface area contributed by atoms with Crippen LogP contribution < -0.4 is 4.74 Å². The average molecular weight is 298 g/mol. The zero-order valence-corrected chi connectivity index (χ0v) is 13.6. The lowest BCUT2D eigenvalue weighted by atomic mass is 10.1. The van der Waals surface area contributed by atoms with E-state index in [1.54, 1.807) is 13.3 Å². The molecule has 2 heterocycles. The van der Waals surface area contributed by atoms with Gasteiger partial charge in [0, 0.05) is 35.8 Å². The van der Waals surface area contributed by atoms with Gasteiger partial charge in [0.25, 0.3) is 0 Å². The highest BCUT2D eigenvalue weighted by Crippen LogP contribution is 2.30. The van der Waals surface area contributed by atoms with Gasteiger partial charge in [-0.1, -0.05) is 26.0 Å². The van der Waals surface area contributed by atoms with Crippen LogP contribution in [0, 0.1) is 6.92 Å². The van der Waals surface area contributed by atoms with E-state index in [4.69, 9.17) is 9.47 Å². The molecule has 0 saturated heterocycles. The van der Waals surface area contributed by atoms with Gasteiger partial charge in [-0.3, -0.25) is 9.97 Å². The molecule has 0 aliphatic carbocycles. The molecule has 4 nitrogen and oxygen atoms in total. The van der Waals surface area contributed by atoms with Gasteiger partial charge in [-0.2, -0.15) is 0 Å². The Balaban J connectivity index is 0.000000847. The van der Waals surface area contributed by atoms with Crippen LogP contribution in [0.25, 0.3) is 21.8 Å². The Hall–Kier alpha value is -2.20. The molecule has 0 N–H and O–H groups in total. The van der Waals surface area contributed by atoms with Gasteiger partial charge in [-0.25, -0.2) is 0 Å². The van der Waals surface area contributed by atoms with E-state index in [0.717, 1.165) is 33.2 Å². The van der Waals surface area contributed by atoms with Crippen LogP contribution >= 0.6 is 0 Å². The molecular formula is C18H22N2O2. The smallest absolute Gasteiger partial charge is 0.130 e. The fourth-order valence-electron chi connectivity index (χ4n) is 2.27. The van der Waals surface area contributed by atoms with Gasteiger partial charge < -0.3 is 9.47 Å². The lowest BCUT2D eigenvalue weighted by Crippen LogP contribution is -2.05. The van der Waals surface area contributed by atoms with Gasteiger partial charge >= 0.3 is 0 Å². The molecule has 0 atom stereocenters. The molecule has 0 spiro atoms. The van der Waals surface area contributed by atoms with Crippen LogP contribution in [0.15, 0.2) is 36.5 Å². The number of ether oxygens (including phenoxy) is 2. The van der Waals surface area contributed by atoms with Gasteiger partial charge in [0.15, 0.2) is 0 Å². The highest BCUT2D eigenvalue weighted by molar-refractivity contribution is 6.04. The Labute approximate surface area is 131 Å². The van der Waals surface area contributed by atoms with Crippen molar-refractivity contribution in [3.05, 3.63) is 42.2 Å². The first-order valence-corrected chi connectivity index (χ1v) is 7.56. The number of fused-ring (bicyclic) bond motifs is 3. The Bertz CT molecular complexity index is 756. The predicted molar refractivity (Wildman–Crippen MR) is 90.5 cm³/mol. The lowest BCUT2D eigenvalue weighted by Gasteiger charge is -2.11. The second-order valence-electron chi connectivity index (χ2n) is 4.64. The third kappa shape index (κ3) is 3.34. The first-order chi connectivity index (χ1) is 10.8. The normalized spacial score (nSPS) is 10.4. The third-order valence-electron chi connectivity index (χ3n) is 3.19. The van der Waals surface area contributed by atoms with Crippen LogP contribution in [0.5, 0.6) is 5.75 Å². The number of nitrogens with zero attached hydrogens (tertiary/aromatic N) is 2. The van der Waals surface area contributed by atoms with E-state index in [1.807, 2.05) is 51.1 Å². The number of hydrogen-bond acceptors (Lipinski definition) is 4. The van der Waals surface area contributed by atoms with E-state index in [1.165, 1.54) is 0 Å². The Morgan fingerprint density at radius 1 is 1.05 bits per heavy atom.